The van der Waals surface area contributed by atoms with Crippen molar-refractivity contribution in [3.63, 3.8) is 0 Å². The first-order chi connectivity index (χ1) is 29.7. The highest BCUT2D eigenvalue weighted by Crippen LogP contribution is 2.41. The SMILES string of the molecule is c1ccc(-c2c3ccccc3nc3c2ccc2ccc(-c4ccc(-c5cc(-c6ccc7ccccc7c6)cc(-c6ccc7ccccc7c6)n5)c5ccccc45)nc23)cc1. The van der Waals surface area contributed by atoms with Crippen LogP contribution >= 0.6 is 0 Å². The van der Waals surface area contributed by atoms with Crippen LogP contribution in [0.2, 0.25) is 0 Å². The zero-order chi connectivity index (χ0) is 39.6. The number of fused-ring (bicyclic) bond motifs is 7. The summed E-state index contributed by atoms with van der Waals surface area (Å²) in [5.41, 5.74) is 13.4. The van der Waals surface area contributed by atoms with Crippen molar-refractivity contribution in [2.45, 2.75) is 0 Å². The maximum Gasteiger partial charge on any atom is 0.0978 e. The fourth-order valence-electron chi connectivity index (χ4n) is 9.05. The summed E-state index contributed by atoms with van der Waals surface area (Å²) in [6.45, 7) is 0. The van der Waals surface area contributed by atoms with E-state index in [1.165, 1.54) is 32.7 Å². The van der Waals surface area contributed by atoms with Gasteiger partial charge in [0.2, 0.25) is 0 Å². The molecule has 0 saturated heterocycles. The first-order valence-electron chi connectivity index (χ1n) is 20.4. The van der Waals surface area contributed by atoms with Crippen molar-refractivity contribution in [1.29, 1.82) is 0 Å². The normalized spacial score (nSPS) is 11.7. The number of hydrogen-bond donors (Lipinski definition) is 0. The zero-order valence-electron chi connectivity index (χ0n) is 32.5. The third-order valence-electron chi connectivity index (χ3n) is 12.0. The van der Waals surface area contributed by atoms with Crippen LogP contribution in [0.4, 0.5) is 0 Å². The number of hydrogen-bond acceptors (Lipinski definition) is 3. The van der Waals surface area contributed by atoms with Gasteiger partial charge in [-0.1, -0.05) is 176 Å². The summed E-state index contributed by atoms with van der Waals surface area (Å²) in [6, 6.07) is 75.8. The standard InChI is InChI=1S/C57H35N3/c1-2-14-38(15-3-1)55-49-20-10-11-21-51(49)60-57-50(55)28-26-39-27-31-52(59-56(39)57)47-29-30-48(46-19-9-8-18-45(46)47)54-35-44(42-24-22-36-12-4-6-16-40(36)32-42)34-53(58-54)43-25-23-37-13-5-7-17-41(37)33-43/h1-35H. The Hall–Kier alpha value is -8.01. The molecular formula is C57H35N3. The van der Waals surface area contributed by atoms with E-state index < -0.39 is 0 Å². The van der Waals surface area contributed by atoms with Crippen LogP contribution in [-0.2, 0) is 0 Å². The number of nitrogens with zero attached hydrogens (tertiary/aromatic N) is 3. The molecular weight excluding hydrogens is 727 g/mol. The highest BCUT2D eigenvalue weighted by Gasteiger charge is 2.18. The fourth-order valence-corrected chi connectivity index (χ4v) is 9.05. The number of rotatable bonds is 5. The minimum absolute atomic E-state index is 0.894. The number of para-hydroxylation sites is 1. The third-order valence-corrected chi connectivity index (χ3v) is 12.0. The van der Waals surface area contributed by atoms with Gasteiger partial charge in [0.15, 0.2) is 0 Å². The van der Waals surface area contributed by atoms with Gasteiger partial charge in [-0.3, -0.25) is 0 Å². The van der Waals surface area contributed by atoms with Gasteiger partial charge in [0.05, 0.1) is 33.6 Å². The topological polar surface area (TPSA) is 38.7 Å². The summed E-state index contributed by atoms with van der Waals surface area (Å²) in [7, 11) is 0. The van der Waals surface area contributed by atoms with Crippen LogP contribution in [-0.4, -0.2) is 15.0 Å². The smallest absolute Gasteiger partial charge is 0.0978 e. The minimum atomic E-state index is 0.894. The first-order valence-corrected chi connectivity index (χ1v) is 20.4. The molecule has 12 rings (SSSR count). The zero-order valence-corrected chi connectivity index (χ0v) is 32.5. The van der Waals surface area contributed by atoms with Crippen molar-refractivity contribution in [2.75, 3.05) is 0 Å². The molecule has 0 aliphatic rings. The van der Waals surface area contributed by atoms with Gasteiger partial charge in [0.25, 0.3) is 0 Å². The Morgan fingerprint density at radius 1 is 0.250 bits per heavy atom. The van der Waals surface area contributed by atoms with Crippen LogP contribution in [0.3, 0.4) is 0 Å². The Morgan fingerprint density at radius 3 is 1.57 bits per heavy atom. The molecule has 0 atom stereocenters. The number of aromatic nitrogens is 3. The molecule has 3 aromatic heterocycles. The van der Waals surface area contributed by atoms with Crippen LogP contribution in [0, 0.1) is 0 Å². The van der Waals surface area contributed by atoms with Gasteiger partial charge in [0.1, 0.15) is 0 Å². The van der Waals surface area contributed by atoms with E-state index in [1.807, 2.05) is 0 Å². The predicted molar refractivity (Wildman–Crippen MR) is 252 cm³/mol. The molecule has 0 amide bonds. The molecule has 0 aliphatic carbocycles. The molecule has 0 saturated carbocycles. The lowest BCUT2D eigenvalue weighted by Gasteiger charge is -2.15. The predicted octanol–water partition coefficient (Wildman–Crippen LogP) is 15.1. The van der Waals surface area contributed by atoms with Gasteiger partial charge in [0, 0.05) is 38.4 Å². The second-order valence-electron chi connectivity index (χ2n) is 15.6. The van der Waals surface area contributed by atoms with Gasteiger partial charge < -0.3 is 0 Å². The van der Waals surface area contributed by atoms with Crippen LogP contribution in [0.1, 0.15) is 0 Å². The Labute approximate surface area is 346 Å². The van der Waals surface area contributed by atoms with E-state index in [0.29, 0.717) is 0 Å². The average Bonchev–Trinajstić information content (AvgIpc) is 3.32. The van der Waals surface area contributed by atoms with Crippen molar-refractivity contribution in [1.82, 2.24) is 15.0 Å². The molecule has 12 aromatic rings. The largest absolute Gasteiger partial charge is 0.248 e. The van der Waals surface area contributed by atoms with Gasteiger partial charge in [-0.05, 0) is 85.4 Å². The number of benzene rings is 9. The van der Waals surface area contributed by atoms with E-state index in [4.69, 9.17) is 15.0 Å². The monoisotopic (exact) mass is 761 g/mol. The summed E-state index contributed by atoms with van der Waals surface area (Å²) >= 11 is 0. The van der Waals surface area contributed by atoms with Crippen LogP contribution < -0.4 is 0 Å². The van der Waals surface area contributed by atoms with E-state index in [2.05, 4.69) is 212 Å². The Bertz CT molecular complexity index is 3570. The lowest BCUT2D eigenvalue weighted by molar-refractivity contribution is 1.33. The molecule has 3 heterocycles. The molecule has 0 spiro atoms. The van der Waals surface area contributed by atoms with Crippen LogP contribution in [0.15, 0.2) is 212 Å². The molecule has 3 nitrogen and oxygen atoms in total. The summed E-state index contributed by atoms with van der Waals surface area (Å²) < 4.78 is 0. The highest BCUT2D eigenvalue weighted by molar-refractivity contribution is 6.16. The van der Waals surface area contributed by atoms with E-state index in [1.54, 1.807) is 0 Å². The van der Waals surface area contributed by atoms with Crippen molar-refractivity contribution in [3.05, 3.63) is 212 Å². The molecule has 0 radical (unpaired) electrons. The second-order valence-corrected chi connectivity index (χ2v) is 15.6. The van der Waals surface area contributed by atoms with Gasteiger partial charge in [-0.25, -0.2) is 15.0 Å². The molecule has 3 heteroatoms. The summed E-state index contributed by atoms with van der Waals surface area (Å²) in [6.07, 6.45) is 0. The van der Waals surface area contributed by atoms with Gasteiger partial charge in [-0.15, -0.1) is 0 Å². The molecule has 0 bridgehead atoms. The third kappa shape index (κ3) is 5.71. The summed E-state index contributed by atoms with van der Waals surface area (Å²) in [4.78, 5) is 16.1. The van der Waals surface area contributed by atoms with Crippen LogP contribution in [0.25, 0.3) is 121 Å². The lowest BCUT2D eigenvalue weighted by Crippen LogP contribution is -1.95. The number of pyridine rings is 3. The Kier molecular flexibility index (Phi) is 7.85. The molecule has 0 N–H and O–H groups in total. The van der Waals surface area contributed by atoms with Crippen molar-refractivity contribution >= 4 is 65.0 Å². The van der Waals surface area contributed by atoms with Gasteiger partial charge >= 0.3 is 0 Å². The van der Waals surface area contributed by atoms with Crippen molar-refractivity contribution < 1.29 is 0 Å². The highest BCUT2D eigenvalue weighted by atomic mass is 14.8. The maximum absolute atomic E-state index is 5.45. The quantitative estimate of drug-likeness (QED) is 0.129. The second kappa shape index (κ2) is 13.8. The van der Waals surface area contributed by atoms with E-state index in [9.17, 15) is 0 Å². The molecule has 278 valence electrons. The molecule has 0 fully saturated rings. The minimum Gasteiger partial charge on any atom is -0.248 e. The van der Waals surface area contributed by atoms with Crippen LogP contribution in [0.5, 0.6) is 0 Å². The molecule has 60 heavy (non-hydrogen) atoms. The van der Waals surface area contributed by atoms with Crippen molar-refractivity contribution in [3.8, 4) is 56.0 Å². The first kappa shape index (κ1) is 34.1. The van der Waals surface area contributed by atoms with E-state index >= 15 is 0 Å². The fraction of sp³-hybridized carbons (Fsp3) is 0. The average molecular weight is 762 g/mol. The van der Waals surface area contributed by atoms with E-state index in [0.717, 1.165) is 88.4 Å². The maximum atomic E-state index is 5.45. The Morgan fingerprint density at radius 2 is 0.817 bits per heavy atom. The lowest BCUT2D eigenvalue weighted by atomic mass is 9.93. The van der Waals surface area contributed by atoms with E-state index in [-0.39, 0.29) is 0 Å². The molecule has 0 unspecified atom stereocenters. The summed E-state index contributed by atoms with van der Waals surface area (Å²) in [5, 5.41) is 10.4. The van der Waals surface area contributed by atoms with Gasteiger partial charge in [-0.2, -0.15) is 0 Å². The molecule has 9 aromatic carbocycles. The summed E-state index contributed by atoms with van der Waals surface area (Å²) in [5.74, 6) is 0. The van der Waals surface area contributed by atoms with Crippen molar-refractivity contribution in [2.24, 2.45) is 0 Å². The Balaban J connectivity index is 1.05. The molecule has 0 aliphatic heterocycles.